The summed E-state index contributed by atoms with van der Waals surface area (Å²) in [5.74, 6) is -0.934. The SMILES string of the molecule is Cc1ccccc1-c1cc(O)ccc1C(=O)O. The van der Waals surface area contributed by atoms with Crippen LogP contribution in [0.25, 0.3) is 11.1 Å². The molecule has 0 amide bonds. The van der Waals surface area contributed by atoms with Crippen molar-refractivity contribution in [1.82, 2.24) is 0 Å². The summed E-state index contributed by atoms with van der Waals surface area (Å²) in [7, 11) is 0. The highest BCUT2D eigenvalue weighted by molar-refractivity contribution is 5.96. The van der Waals surface area contributed by atoms with Gasteiger partial charge in [-0.2, -0.15) is 0 Å². The Labute approximate surface area is 99.0 Å². The molecule has 0 aliphatic rings. The van der Waals surface area contributed by atoms with Gasteiger partial charge in [0.1, 0.15) is 5.75 Å². The third kappa shape index (κ3) is 2.13. The second-order valence-electron chi connectivity index (χ2n) is 3.85. The normalized spacial score (nSPS) is 10.2. The zero-order valence-corrected chi connectivity index (χ0v) is 9.34. The van der Waals surface area contributed by atoms with E-state index in [1.54, 1.807) is 0 Å². The van der Waals surface area contributed by atoms with Gasteiger partial charge < -0.3 is 10.2 Å². The zero-order chi connectivity index (χ0) is 12.4. The minimum Gasteiger partial charge on any atom is -0.508 e. The lowest BCUT2D eigenvalue weighted by Crippen LogP contribution is -1.99. The topological polar surface area (TPSA) is 57.5 Å². The summed E-state index contributed by atoms with van der Waals surface area (Å²) in [5, 5.41) is 18.6. The zero-order valence-electron chi connectivity index (χ0n) is 9.34. The number of hydrogen-bond acceptors (Lipinski definition) is 2. The van der Waals surface area contributed by atoms with Crippen molar-refractivity contribution in [3.63, 3.8) is 0 Å². The van der Waals surface area contributed by atoms with Gasteiger partial charge in [0, 0.05) is 5.56 Å². The van der Waals surface area contributed by atoms with Crippen molar-refractivity contribution in [1.29, 1.82) is 0 Å². The first-order chi connectivity index (χ1) is 8.09. The Balaban J connectivity index is 2.70. The van der Waals surface area contributed by atoms with Crippen LogP contribution in [0.5, 0.6) is 5.75 Å². The Morgan fingerprint density at radius 1 is 1.06 bits per heavy atom. The van der Waals surface area contributed by atoms with Gasteiger partial charge >= 0.3 is 5.97 Å². The maximum atomic E-state index is 11.1. The Morgan fingerprint density at radius 3 is 2.41 bits per heavy atom. The molecule has 0 spiro atoms. The van der Waals surface area contributed by atoms with Crippen LogP contribution in [0, 0.1) is 6.92 Å². The molecular formula is C14H12O3. The molecule has 3 heteroatoms. The van der Waals surface area contributed by atoms with Crippen LogP contribution in [0.15, 0.2) is 42.5 Å². The number of phenolic OH excluding ortho intramolecular Hbond substituents is 1. The summed E-state index contributed by atoms with van der Waals surface area (Å²) in [6.07, 6.45) is 0. The van der Waals surface area contributed by atoms with Gasteiger partial charge in [0.05, 0.1) is 5.56 Å². The standard InChI is InChI=1S/C14H12O3/c1-9-4-2-3-5-11(9)13-8-10(15)6-7-12(13)14(16)17/h2-8,15H,1H3,(H,16,17). The van der Waals surface area contributed by atoms with Crippen molar-refractivity contribution in [2.24, 2.45) is 0 Å². The predicted molar refractivity (Wildman–Crippen MR) is 65.2 cm³/mol. The molecule has 0 saturated carbocycles. The molecule has 0 fully saturated rings. The number of aryl methyl sites for hydroxylation is 1. The van der Waals surface area contributed by atoms with Gasteiger partial charge in [-0.1, -0.05) is 24.3 Å². The molecular weight excluding hydrogens is 216 g/mol. The van der Waals surface area contributed by atoms with Crippen LogP contribution in [0.1, 0.15) is 15.9 Å². The number of aromatic hydroxyl groups is 1. The van der Waals surface area contributed by atoms with Crippen molar-refractivity contribution in [3.05, 3.63) is 53.6 Å². The van der Waals surface area contributed by atoms with Crippen LogP contribution in [0.4, 0.5) is 0 Å². The van der Waals surface area contributed by atoms with Gasteiger partial charge in [-0.3, -0.25) is 0 Å². The molecule has 2 rings (SSSR count). The third-order valence-corrected chi connectivity index (χ3v) is 2.67. The number of benzene rings is 2. The molecule has 3 nitrogen and oxygen atoms in total. The van der Waals surface area contributed by atoms with Crippen molar-refractivity contribution >= 4 is 5.97 Å². The lowest BCUT2D eigenvalue weighted by molar-refractivity contribution is 0.0698. The maximum Gasteiger partial charge on any atom is 0.336 e. The number of carbonyl (C=O) groups is 1. The number of rotatable bonds is 2. The third-order valence-electron chi connectivity index (χ3n) is 2.67. The van der Waals surface area contributed by atoms with E-state index in [1.165, 1.54) is 18.2 Å². The molecule has 0 aliphatic heterocycles. The molecule has 0 heterocycles. The molecule has 2 aromatic carbocycles. The van der Waals surface area contributed by atoms with E-state index in [9.17, 15) is 9.90 Å². The van der Waals surface area contributed by atoms with Crippen LogP contribution in [0.2, 0.25) is 0 Å². The highest BCUT2D eigenvalue weighted by Gasteiger charge is 2.13. The second-order valence-corrected chi connectivity index (χ2v) is 3.85. The Kier molecular flexibility index (Phi) is 2.83. The van der Waals surface area contributed by atoms with Crippen LogP contribution in [0.3, 0.4) is 0 Å². The number of phenols is 1. The molecule has 86 valence electrons. The summed E-state index contributed by atoms with van der Waals surface area (Å²) in [6, 6.07) is 11.8. The molecule has 17 heavy (non-hydrogen) atoms. The van der Waals surface area contributed by atoms with Gasteiger partial charge in [0.2, 0.25) is 0 Å². The molecule has 0 saturated heterocycles. The van der Waals surface area contributed by atoms with E-state index in [4.69, 9.17) is 5.11 Å². The van der Waals surface area contributed by atoms with Gasteiger partial charge in [-0.25, -0.2) is 4.79 Å². The smallest absolute Gasteiger partial charge is 0.336 e. The number of carboxylic acids is 1. The largest absolute Gasteiger partial charge is 0.508 e. The van der Waals surface area contributed by atoms with Crippen molar-refractivity contribution < 1.29 is 15.0 Å². The van der Waals surface area contributed by atoms with Crippen molar-refractivity contribution in [3.8, 4) is 16.9 Å². The van der Waals surface area contributed by atoms with E-state index in [-0.39, 0.29) is 11.3 Å². The predicted octanol–water partition coefficient (Wildman–Crippen LogP) is 3.07. The fraction of sp³-hybridized carbons (Fsp3) is 0.0714. The molecule has 0 unspecified atom stereocenters. The highest BCUT2D eigenvalue weighted by atomic mass is 16.4. The van der Waals surface area contributed by atoms with Crippen LogP contribution >= 0.6 is 0 Å². The Morgan fingerprint density at radius 2 is 1.76 bits per heavy atom. The molecule has 0 aromatic heterocycles. The van der Waals surface area contributed by atoms with Crippen molar-refractivity contribution in [2.75, 3.05) is 0 Å². The van der Waals surface area contributed by atoms with E-state index in [0.717, 1.165) is 11.1 Å². The quantitative estimate of drug-likeness (QED) is 0.830. The van der Waals surface area contributed by atoms with E-state index >= 15 is 0 Å². The summed E-state index contributed by atoms with van der Waals surface area (Å²) in [5.41, 5.74) is 2.52. The second kappa shape index (κ2) is 4.29. The Hall–Kier alpha value is -2.29. The molecule has 0 atom stereocenters. The molecule has 2 N–H and O–H groups in total. The maximum absolute atomic E-state index is 11.1. The van der Waals surface area contributed by atoms with E-state index in [2.05, 4.69) is 0 Å². The Bertz CT molecular complexity index is 573. The number of aromatic carboxylic acids is 1. The van der Waals surface area contributed by atoms with Gasteiger partial charge in [-0.05, 0) is 36.2 Å². The van der Waals surface area contributed by atoms with Gasteiger partial charge in [0.25, 0.3) is 0 Å². The van der Waals surface area contributed by atoms with Gasteiger partial charge in [0.15, 0.2) is 0 Å². The average molecular weight is 228 g/mol. The highest BCUT2D eigenvalue weighted by Crippen LogP contribution is 2.29. The summed E-state index contributed by atoms with van der Waals surface area (Å²) >= 11 is 0. The first-order valence-electron chi connectivity index (χ1n) is 5.22. The fourth-order valence-electron chi connectivity index (χ4n) is 1.82. The first-order valence-corrected chi connectivity index (χ1v) is 5.22. The van der Waals surface area contributed by atoms with Gasteiger partial charge in [-0.15, -0.1) is 0 Å². The summed E-state index contributed by atoms with van der Waals surface area (Å²) in [4.78, 5) is 11.1. The lowest BCUT2D eigenvalue weighted by Gasteiger charge is -2.09. The number of carboxylic acid groups (broad SMARTS) is 1. The average Bonchev–Trinajstić information content (AvgIpc) is 2.29. The minimum atomic E-state index is -0.997. The molecule has 0 aliphatic carbocycles. The summed E-state index contributed by atoms with van der Waals surface area (Å²) < 4.78 is 0. The van der Waals surface area contributed by atoms with Crippen molar-refractivity contribution in [2.45, 2.75) is 6.92 Å². The van der Waals surface area contributed by atoms with E-state index in [1.807, 2.05) is 31.2 Å². The number of hydrogen-bond donors (Lipinski definition) is 2. The molecule has 2 aromatic rings. The van der Waals surface area contributed by atoms with E-state index in [0.29, 0.717) is 5.56 Å². The van der Waals surface area contributed by atoms with Crippen LogP contribution < -0.4 is 0 Å². The fourth-order valence-corrected chi connectivity index (χ4v) is 1.82. The van der Waals surface area contributed by atoms with E-state index < -0.39 is 5.97 Å². The molecule has 0 radical (unpaired) electrons. The monoisotopic (exact) mass is 228 g/mol. The van der Waals surface area contributed by atoms with Crippen LogP contribution in [-0.2, 0) is 0 Å². The van der Waals surface area contributed by atoms with Crippen LogP contribution in [-0.4, -0.2) is 16.2 Å². The summed E-state index contributed by atoms with van der Waals surface area (Å²) in [6.45, 7) is 1.91. The lowest BCUT2D eigenvalue weighted by atomic mass is 9.96. The first kappa shape index (κ1) is 11.2. The minimum absolute atomic E-state index is 0.0632. The molecule has 0 bridgehead atoms.